The number of nitrogens with zero attached hydrogens (tertiary/aromatic N) is 2. The van der Waals surface area contributed by atoms with E-state index in [1.807, 2.05) is 13.8 Å². The first-order chi connectivity index (χ1) is 12.7. The largest absolute Gasteiger partial charge is 0.549 e. The van der Waals surface area contributed by atoms with Gasteiger partial charge in [-0.3, -0.25) is 4.79 Å². The summed E-state index contributed by atoms with van der Waals surface area (Å²) in [6, 6.07) is 9.23. The molecule has 3 rings (SSSR count). The molecule has 0 N–H and O–H groups in total. The standard InChI is InChI=1S/C20H19ClN2O3S/c1-20(2)7-14-18(15(24)8-20)17(11-3-5-12(21)6-4-11)13(9-22)19(23-14)27-10-16(25)26/h3-6,17-18H,7-8,10H2,1-2H3,(H,25,26)/p-1/t17-,18?/m1/s1. The van der Waals surface area contributed by atoms with E-state index in [1.165, 1.54) is 0 Å². The zero-order valence-electron chi connectivity index (χ0n) is 15.0. The number of aliphatic carboxylic acids is 1. The Hall–Kier alpha value is -2.10. The van der Waals surface area contributed by atoms with Gasteiger partial charge in [0.15, 0.2) is 0 Å². The van der Waals surface area contributed by atoms with Crippen molar-refractivity contribution < 1.29 is 14.7 Å². The van der Waals surface area contributed by atoms with E-state index in [9.17, 15) is 20.0 Å². The number of carbonyl (C=O) groups excluding carboxylic acids is 2. The van der Waals surface area contributed by atoms with Gasteiger partial charge in [-0.15, -0.1) is 0 Å². The number of aliphatic imine (C=N–C) groups is 1. The Morgan fingerprint density at radius 2 is 2.00 bits per heavy atom. The number of Topliss-reactive ketones (excluding diaryl/α,β-unsaturated/α-hetero) is 1. The van der Waals surface area contributed by atoms with Crippen LogP contribution < -0.4 is 5.11 Å². The van der Waals surface area contributed by atoms with E-state index in [1.54, 1.807) is 24.3 Å². The number of fused-ring (bicyclic) bond motifs is 1. The number of carbonyl (C=O) groups is 2. The first kappa shape index (κ1) is 19.7. The number of allylic oxidation sites excluding steroid dienone is 1. The topological polar surface area (TPSA) is 93.3 Å². The summed E-state index contributed by atoms with van der Waals surface area (Å²) in [5.41, 5.74) is 1.62. The highest BCUT2D eigenvalue weighted by molar-refractivity contribution is 8.03. The van der Waals surface area contributed by atoms with E-state index in [4.69, 9.17) is 11.6 Å². The number of hydrogen-bond acceptors (Lipinski definition) is 6. The summed E-state index contributed by atoms with van der Waals surface area (Å²) in [6.45, 7) is 4.02. The van der Waals surface area contributed by atoms with Gasteiger partial charge in [0, 0.05) is 28.8 Å². The second kappa shape index (κ2) is 7.49. The second-order valence-corrected chi connectivity index (χ2v) is 8.99. The van der Waals surface area contributed by atoms with Gasteiger partial charge in [0.05, 0.1) is 23.5 Å². The maximum atomic E-state index is 13.0. The zero-order valence-corrected chi connectivity index (χ0v) is 16.6. The fourth-order valence-electron chi connectivity index (χ4n) is 3.79. The molecule has 1 unspecified atom stereocenters. The molecule has 0 spiro atoms. The Bertz CT molecular complexity index is 897. The van der Waals surface area contributed by atoms with Gasteiger partial charge < -0.3 is 9.90 Å². The van der Waals surface area contributed by atoms with Gasteiger partial charge >= 0.3 is 0 Å². The van der Waals surface area contributed by atoms with Crippen LogP contribution in [0.1, 0.15) is 38.2 Å². The number of nitriles is 1. The van der Waals surface area contributed by atoms with Crippen molar-refractivity contribution in [1.29, 1.82) is 5.26 Å². The van der Waals surface area contributed by atoms with Crippen molar-refractivity contribution in [3.8, 4) is 6.07 Å². The molecule has 1 aliphatic heterocycles. The number of thioether (sulfide) groups is 1. The first-order valence-electron chi connectivity index (χ1n) is 8.54. The molecule has 1 aliphatic carbocycles. The van der Waals surface area contributed by atoms with E-state index in [0.717, 1.165) is 23.0 Å². The minimum absolute atomic E-state index is 0.0571. The lowest BCUT2D eigenvalue weighted by atomic mass is 9.64. The van der Waals surface area contributed by atoms with E-state index in [-0.39, 0.29) is 17.0 Å². The third-order valence-corrected chi connectivity index (χ3v) is 6.03. The van der Waals surface area contributed by atoms with Crippen LogP contribution in [-0.2, 0) is 9.59 Å². The Balaban J connectivity index is 2.14. The molecule has 0 bridgehead atoms. The highest BCUT2D eigenvalue weighted by Gasteiger charge is 2.46. The molecule has 1 heterocycles. The monoisotopic (exact) mass is 401 g/mol. The fraction of sp³-hybridized carbons (Fsp3) is 0.400. The van der Waals surface area contributed by atoms with E-state index < -0.39 is 17.8 Å². The van der Waals surface area contributed by atoms with Crippen molar-refractivity contribution in [3.63, 3.8) is 0 Å². The number of ketones is 1. The summed E-state index contributed by atoms with van der Waals surface area (Å²) in [4.78, 5) is 28.5. The molecule has 7 heteroatoms. The van der Waals surface area contributed by atoms with Crippen molar-refractivity contribution in [3.05, 3.63) is 45.5 Å². The number of halogens is 1. The number of rotatable bonds is 4. The van der Waals surface area contributed by atoms with E-state index in [2.05, 4.69) is 11.1 Å². The van der Waals surface area contributed by atoms with Crippen molar-refractivity contribution in [2.75, 3.05) is 5.75 Å². The van der Waals surface area contributed by atoms with Crippen LogP contribution in [0.2, 0.25) is 5.02 Å². The van der Waals surface area contributed by atoms with Crippen molar-refractivity contribution >= 4 is 40.8 Å². The zero-order chi connectivity index (χ0) is 19.8. The van der Waals surface area contributed by atoms with Crippen LogP contribution >= 0.6 is 23.4 Å². The third kappa shape index (κ3) is 4.10. The Labute approximate surface area is 167 Å². The SMILES string of the molecule is CC1(C)CC(=O)C2C(=NC(SCC(=O)[O-])=C(C#N)[C@H]2c2ccc(Cl)cc2)C1. The summed E-state index contributed by atoms with van der Waals surface area (Å²) < 4.78 is 0. The summed E-state index contributed by atoms with van der Waals surface area (Å²) in [6.07, 6.45) is 1.04. The highest BCUT2D eigenvalue weighted by atomic mass is 35.5. The van der Waals surface area contributed by atoms with Crippen LogP contribution in [0, 0.1) is 22.7 Å². The Kier molecular flexibility index (Phi) is 5.45. The smallest absolute Gasteiger partial charge is 0.143 e. The van der Waals surface area contributed by atoms with Crippen LogP contribution in [-0.4, -0.2) is 23.2 Å². The van der Waals surface area contributed by atoms with Crippen molar-refractivity contribution in [1.82, 2.24) is 0 Å². The molecule has 1 fully saturated rings. The fourth-order valence-corrected chi connectivity index (χ4v) is 4.68. The lowest BCUT2D eigenvalue weighted by Gasteiger charge is -2.40. The van der Waals surface area contributed by atoms with Gasteiger partial charge in [-0.05, 0) is 29.5 Å². The number of carboxylic acid groups (broad SMARTS) is 1. The quantitative estimate of drug-likeness (QED) is 0.772. The number of hydrogen-bond donors (Lipinski definition) is 0. The van der Waals surface area contributed by atoms with Gasteiger partial charge in [0.1, 0.15) is 10.8 Å². The molecular formula is C20H18ClN2O3S-. The Morgan fingerprint density at radius 1 is 1.33 bits per heavy atom. The van der Waals surface area contributed by atoms with Crippen LogP contribution in [0.15, 0.2) is 39.9 Å². The molecule has 1 saturated carbocycles. The summed E-state index contributed by atoms with van der Waals surface area (Å²) >= 11 is 6.96. The minimum Gasteiger partial charge on any atom is -0.549 e. The molecule has 1 aromatic rings. The highest BCUT2D eigenvalue weighted by Crippen LogP contribution is 2.48. The first-order valence-corrected chi connectivity index (χ1v) is 9.91. The molecule has 2 atom stereocenters. The minimum atomic E-state index is -1.23. The van der Waals surface area contributed by atoms with Crippen molar-refractivity contribution in [2.24, 2.45) is 16.3 Å². The average Bonchev–Trinajstić information content (AvgIpc) is 2.58. The molecule has 5 nitrogen and oxygen atoms in total. The molecule has 0 aromatic heterocycles. The van der Waals surface area contributed by atoms with E-state index in [0.29, 0.717) is 28.5 Å². The predicted octanol–water partition coefficient (Wildman–Crippen LogP) is 3.10. The molecule has 0 radical (unpaired) electrons. The number of carboxylic acids is 1. The predicted molar refractivity (Wildman–Crippen MR) is 103 cm³/mol. The lowest BCUT2D eigenvalue weighted by molar-refractivity contribution is -0.301. The second-order valence-electron chi connectivity index (χ2n) is 7.59. The molecule has 0 saturated heterocycles. The molecule has 27 heavy (non-hydrogen) atoms. The van der Waals surface area contributed by atoms with Crippen LogP contribution in [0.5, 0.6) is 0 Å². The number of benzene rings is 1. The molecule has 0 amide bonds. The van der Waals surface area contributed by atoms with Crippen LogP contribution in [0.4, 0.5) is 0 Å². The van der Waals surface area contributed by atoms with Crippen molar-refractivity contribution in [2.45, 2.75) is 32.6 Å². The molecule has 1 aromatic carbocycles. The van der Waals surface area contributed by atoms with E-state index >= 15 is 0 Å². The van der Waals surface area contributed by atoms with Gasteiger partial charge in [0.2, 0.25) is 0 Å². The Morgan fingerprint density at radius 3 is 2.59 bits per heavy atom. The van der Waals surface area contributed by atoms with Gasteiger partial charge in [-0.25, -0.2) is 4.99 Å². The average molecular weight is 402 g/mol. The van der Waals surface area contributed by atoms with Gasteiger partial charge in [-0.2, -0.15) is 5.26 Å². The summed E-state index contributed by atoms with van der Waals surface area (Å²) in [5, 5.41) is 21.6. The normalized spacial score (nSPS) is 24.1. The molecule has 2 aliphatic rings. The summed E-state index contributed by atoms with van der Waals surface area (Å²) in [5.74, 6) is -2.45. The third-order valence-electron chi connectivity index (χ3n) is 4.81. The van der Waals surface area contributed by atoms with Gasteiger partial charge in [-0.1, -0.05) is 49.3 Å². The van der Waals surface area contributed by atoms with Crippen LogP contribution in [0.25, 0.3) is 0 Å². The maximum absolute atomic E-state index is 13.0. The van der Waals surface area contributed by atoms with Gasteiger partial charge in [0.25, 0.3) is 0 Å². The molecular weight excluding hydrogens is 384 g/mol. The lowest BCUT2D eigenvalue weighted by Crippen LogP contribution is -2.43. The molecule has 140 valence electrons. The van der Waals surface area contributed by atoms with Crippen LogP contribution in [0.3, 0.4) is 0 Å². The maximum Gasteiger partial charge on any atom is 0.143 e. The summed E-state index contributed by atoms with van der Waals surface area (Å²) in [7, 11) is 0.